The van der Waals surface area contributed by atoms with Gasteiger partial charge in [0.15, 0.2) is 0 Å². The lowest BCUT2D eigenvalue weighted by Gasteiger charge is -2.10. The summed E-state index contributed by atoms with van der Waals surface area (Å²) in [6.45, 7) is 4.57. The van der Waals surface area contributed by atoms with Crippen molar-refractivity contribution in [1.82, 2.24) is 19.6 Å². The quantitative estimate of drug-likeness (QED) is 0.482. The number of carbonyl (C=O) groups is 1. The van der Waals surface area contributed by atoms with Crippen LogP contribution in [0.4, 0.5) is 5.95 Å². The number of hydrogen-bond donors (Lipinski definition) is 0. The second-order valence-electron chi connectivity index (χ2n) is 5.15. The average Bonchev–Trinajstić information content (AvgIpc) is 2.99. The van der Waals surface area contributed by atoms with Crippen LogP contribution in [0.3, 0.4) is 0 Å². The molecule has 1 saturated heterocycles. The van der Waals surface area contributed by atoms with Crippen LogP contribution in [-0.2, 0) is 4.79 Å². The fourth-order valence-corrected chi connectivity index (χ4v) is 2.52. The van der Waals surface area contributed by atoms with E-state index >= 15 is 0 Å². The Morgan fingerprint density at radius 3 is 3.05 bits per heavy atom. The average molecular weight is 286 g/mol. The van der Waals surface area contributed by atoms with E-state index in [0.29, 0.717) is 31.2 Å². The number of fused-ring (bicyclic) bond motifs is 1. The molecule has 1 aliphatic rings. The molecule has 108 valence electrons. The van der Waals surface area contributed by atoms with Gasteiger partial charge in [-0.1, -0.05) is 5.11 Å². The van der Waals surface area contributed by atoms with Crippen molar-refractivity contribution in [3.63, 3.8) is 0 Å². The summed E-state index contributed by atoms with van der Waals surface area (Å²) in [5.41, 5.74) is 10.1. The van der Waals surface area contributed by atoms with Crippen molar-refractivity contribution < 1.29 is 4.79 Å². The van der Waals surface area contributed by atoms with Crippen molar-refractivity contribution in [2.45, 2.75) is 20.3 Å². The lowest BCUT2D eigenvalue weighted by Crippen LogP contribution is -2.26. The van der Waals surface area contributed by atoms with Crippen LogP contribution in [0, 0.1) is 19.8 Å². The van der Waals surface area contributed by atoms with Gasteiger partial charge in [-0.25, -0.2) is 4.98 Å². The molecule has 1 atom stereocenters. The summed E-state index contributed by atoms with van der Waals surface area (Å²) in [5.74, 6) is 0.785. The maximum Gasteiger partial charge on any atom is 0.254 e. The molecule has 1 unspecified atom stereocenters. The van der Waals surface area contributed by atoms with Crippen LogP contribution < -0.4 is 4.90 Å². The minimum absolute atomic E-state index is 0.0100. The number of rotatable bonds is 3. The van der Waals surface area contributed by atoms with Gasteiger partial charge in [0.1, 0.15) is 0 Å². The molecule has 21 heavy (non-hydrogen) atoms. The smallest absolute Gasteiger partial charge is 0.254 e. The molecule has 0 aliphatic carbocycles. The summed E-state index contributed by atoms with van der Waals surface area (Å²) in [4.78, 5) is 24.9. The van der Waals surface area contributed by atoms with Gasteiger partial charge in [0, 0.05) is 35.8 Å². The van der Waals surface area contributed by atoms with Crippen molar-refractivity contribution in [3.05, 3.63) is 27.9 Å². The van der Waals surface area contributed by atoms with E-state index in [1.54, 1.807) is 4.52 Å². The summed E-state index contributed by atoms with van der Waals surface area (Å²) in [7, 11) is 0. The molecular formula is C12H14N8O. The molecule has 3 heterocycles. The first kappa shape index (κ1) is 13.3. The van der Waals surface area contributed by atoms with Crippen molar-refractivity contribution in [1.29, 1.82) is 0 Å². The van der Waals surface area contributed by atoms with E-state index in [1.807, 2.05) is 19.9 Å². The third-order valence-corrected chi connectivity index (χ3v) is 3.46. The fraction of sp³-hybridized carbons (Fsp3) is 0.500. The Morgan fingerprint density at radius 1 is 1.48 bits per heavy atom. The maximum atomic E-state index is 12.1. The van der Waals surface area contributed by atoms with Gasteiger partial charge in [-0.3, -0.25) is 9.69 Å². The van der Waals surface area contributed by atoms with Gasteiger partial charge in [0.05, 0.1) is 0 Å². The molecule has 1 aliphatic heterocycles. The van der Waals surface area contributed by atoms with Crippen molar-refractivity contribution in [2.75, 3.05) is 18.0 Å². The SMILES string of the molecule is Cc1cc(C)n2nc(N3CC(CN=[N+]=[N-])CC3=O)nc2n1. The molecule has 1 fully saturated rings. The van der Waals surface area contributed by atoms with Crippen LogP contribution in [0.15, 0.2) is 11.2 Å². The number of azide groups is 1. The van der Waals surface area contributed by atoms with Gasteiger partial charge in [-0.2, -0.15) is 9.50 Å². The van der Waals surface area contributed by atoms with Gasteiger partial charge in [0.25, 0.3) is 11.7 Å². The highest BCUT2D eigenvalue weighted by atomic mass is 16.2. The zero-order valence-corrected chi connectivity index (χ0v) is 11.8. The minimum atomic E-state index is -0.0570. The van der Waals surface area contributed by atoms with Crippen molar-refractivity contribution in [3.8, 4) is 0 Å². The molecule has 0 spiro atoms. The van der Waals surface area contributed by atoms with Gasteiger partial charge in [0.2, 0.25) is 5.91 Å². The monoisotopic (exact) mass is 286 g/mol. The Labute approximate surface area is 120 Å². The summed E-state index contributed by atoms with van der Waals surface area (Å²) in [6.07, 6.45) is 0.347. The standard InChI is InChI=1S/C12H14N8O/c1-7-3-8(2)20-11(15-7)16-12(17-20)19-6-9(4-10(19)21)5-14-18-13/h3,9H,4-6H2,1-2H3. The Bertz CT molecular complexity index is 760. The van der Waals surface area contributed by atoms with Crippen LogP contribution in [0.2, 0.25) is 0 Å². The van der Waals surface area contributed by atoms with Gasteiger partial charge in [-0.05, 0) is 31.4 Å². The summed E-state index contributed by atoms with van der Waals surface area (Å²) < 4.78 is 1.62. The highest BCUT2D eigenvalue weighted by Gasteiger charge is 2.32. The van der Waals surface area contributed by atoms with E-state index in [4.69, 9.17) is 5.53 Å². The van der Waals surface area contributed by atoms with Gasteiger partial charge in [-0.15, -0.1) is 5.10 Å². The molecule has 2 aromatic rings. The zero-order chi connectivity index (χ0) is 15.0. The van der Waals surface area contributed by atoms with Gasteiger partial charge < -0.3 is 0 Å². The van der Waals surface area contributed by atoms with Crippen molar-refractivity contribution in [2.24, 2.45) is 11.0 Å². The molecule has 0 N–H and O–H groups in total. The Balaban J connectivity index is 1.92. The third-order valence-electron chi connectivity index (χ3n) is 3.46. The number of hydrogen-bond acceptors (Lipinski definition) is 5. The fourth-order valence-electron chi connectivity index (χ4n) is 2.52. The van der Waals surface area contributed by atoms with Crippen LogP contribution >= 0.6 is 0 Å². The number of aryl methyl sites for hydroxylation is 2. The molecule has 9 heteroatoms. The van der Waals surface area contributed by atoms with E-state index in [0.717, 1.165) is 11.4 Å². The lowest BCUT2D eigenvalue weighted by molar-refractivity contribution is -0.117. The van der Waals surface area contributed by atoms with Crippen LogP contribution in [-0.4, -0.2) is 38.6 Å². The van der Waals surface area contributed by atoms with Crippen LogP contribution in [0.25, 0.3) is 16.2 Å². The number of aromatic nitrogens is 4. The number of anilines is 1. The van der Waals surface area contributed by atoms with Gasteiger partial charge >= 0.3 is 0 Å². The Hall–Kier alpha value is -2.67. The van der Waals surface area contributed by atoms with E-state index in [-0.39, 0.29) is 11.8 Å². The molecule has 0 bridgehead atoms. The predicted molar refractivity (Wildman–Crippen MR) is 74.7 cm³/mol. The predicted octanol–water partition coefficient (Wildman–Crippen LogP) is 1.40. The second-order valence-corrected chi connectivity index (χ2v) is 5.15. The molecule has 0 saturated carbocycles. The molecular weight excluding hydrogens is 272 g/mol. The topological polar surface area (TPSA) is 112 Å². The first-order valence-electron chi connectivity index (χ1n) is 6.60. The molecule has 3 rings (SSSR count). The van der Waals surface area contributed by atoms with E-state index in [1.165, 1.54) is 4.90 Å². The normalized spacial score (nSPS) is 18.3. The maximum absolute atomic E-state index is 12.1. The van der Waals surface area contributed by atoms with E-state index in [2.05, 4.69) is 25.1 Å². The van der Waals surface area contributed by atoms with E-state index < -0.39 is 0 Å². The number of carbonyl (C=O) groups excluding carboxylic acids is 1. The first-order valence-corrected chi connectivity index (χ1v) is 6.60. The zero-order valence-electron chi connectivity index (χ0n) is 11.8. The minimum Gasteiger partial charge on any atom is -0.279 e. The van der Waals surface area contributed by atoms with Crippen LogP contribution in [0.5, 0.6) is 0 Å². The second kappa shape index (κ2) is 5.02. The van der Waals surface area contributed by atoms with Crippen molar-refractivity contribution >= 4 is 17.6 Å². The van der Waals surface area contributed by atoms with E-state index in [9.17, 15) is 4.79 Å². The number of nitrogens with zero attached hydrogens (tertiary/aromatic N) is 8. The Morgan fingerprint density at radius 2 is 2.29 bits per heavy atom. The number of amides is 1. The third kappa shape index (κ3) is 2.38. The first-order chi connectivity index (χ1) is 10.1. The summed E-state index contributed by atoms with van der Waals surface area (Å²) in [6, 6.07) is 1.90. The largest absolute Gasteiger partial charge is 0.279 e. The lowest BCUT2D eigenvalue weighted by atomic mass is 10.1. The molecule has 9 nitrogen and oxygen atoms in total. The highest BCUT2D eigenvalue weighted by molar-refractivity contribution is 5.94. The molecule has 0 radical (unpaired) electrons. The highest BCUT2D eigenvalue weighted by Crippen LogP contribution is 2.23. The molecule has 1 amide bonds. The molecule has 0 aromatic carbocycles. The Kier molecular flexibility index (Phi) is 3.19. The summed E-state index contributed by atoms with van der Waals surface area (Å²) in [5, 5.41) is 7.87. The van der Waals surface area contributed by atoms with Crippen LogP contribution in [0.1, 0.15) is 17.8 Å². The summed E-state index contributed by atoms with van der Waals surface area (Å²) >= 11 is 0. The molecule has 2 aromatic heterocycles.